The molecule has 3 aromatic heterocycles. The maximum atomic E-state index is 11.6. The molecule has 0 spiro atoms. The number of rotatable bonds is 10. The smallest absolute Gasteiger partial charge is 0.305 e. The SMILES string of the molecule is CCCn1cc(C(CC(=O)O)n2ncc3cc(OCCc4ccc5c(n4)NCCC5)ccc32)cn1. The minimum absolute atomic E-state index is 0.0739. The Labute approximate surface area is 203 Å². The fourth-order valence-corrected chi connectivity index (χ4v) is 4.56. The van der Waals surface area contributed by atoms with E-state index in [1.165, 1.54) is 5.56 Å². The van der Waals surface area contributed by atoms with Crippen LogP contribution in [0.5, 0.6) is 5.75 Å². The number of hydrogen-bond donors (Lipinski definition) is 2. The topological polar surface area (TPSA) is 107 Å². The molecule has 35 heavy (non-hydrogen) atoms. The number of pyridine rings is 1. The van der Waals surface area contributed by atoms with Crippen molar-refractivity contribution in [2.24, 2.45) is 0 Å². The van der Waals surface area contributed by atoms with Gasteiger partial charge in [-0.05, 0) is 49.1 Å². The molecule has 5 rings (SSSR count). The van der Waals surface area contributed by atoms with Gasteiger partial charge in [0.15, 0.2) is 0 Å². The molecule has 0 saturated heterocycles. The number of benzene rings is 1. The van der Waals surface area contributed by atoms with Crippen LogP contribution in [-0.4, -0.2) is 48.8 Å². The van der Waals surface area contributed by atoms with E-state index in [1.807, 2.05) is 29.1 Å². The second kappa shape index (κ2) is 10.2. The summed E-state index contributed by atoms with van der Waals surface area (Å²) in [6, 6.07) is 9.58. The van der Waals surface area contributed by atoms with Crippen LogP contribution in [0.15, 0.2) is 48.9 Å². The zero-order valence-electron chi connectivity index (χ0n) is 19.9. The third-order valence-electron chi connectivity index (χ3n) is 6.30. The maximum absolute atomic E-state index is 11.6. The van der Waals surface area contributed by atoms with Crippen LogP contribution in [0.4, 0.5) is 5.82 Å². The number of aryl methyl sites for hydroxylation is 2. The molecule has 1 aliphatic heterocycles. The molecular formula is C26H30N6O3. The van der Waals surface area contributed by atoms with Crippen molar-refractivity contribution in [1.82, 2.24) is 24.5 Å². The summed E-state index contributed by atoms with van der Waals surface area (Å²) < 4.78 is 9.62. The monoisotopic (exact) mass is 474 g/mol. The first-order chi connectivity index (χ1) is 17.1. The molecule has 0 amide bonds. The Hall–Kier alpha value is -3.88. The summed E-state index contributed by atoms with van der Waals surface area (Å²) in [4.78, 5) is 16.3. The van der Waals surface area contributed by atoms with Crippen LogP contribution in [0.1, 0.15) is 49.0 Å². The van der Waals surface area contributed by atoms with Crippen molar-refractivity contribution in [2.45, 2.75) is 51.6 Å². The number of aliphatic carboxylic acids is 1. The molecule has 0 aliphatic carbocycles. The number of fused-ring (bicyclic) bond motifs is 2. The summed E-state index contributed by atoms with van der Waals surface area (Å²) in [5.74, 6) is 0.866. The standard InChI is InChI=1S/C26H30N6O3/c1-2-11-31-17-20(16-28-31)24(14-25(33)34)32-23-8-7-22(13-19(23)15-29-32)35-12-9-21-6-5-18-4-3-10-27-26(18)30-21/h5-8,13,15-17,24H,2-4,9-12,14H2,1H3,(H,27,30)(H,33,34). The van der Waals surface area contributed by atoms with E-state index < -0.39 is 12.0 Å². The van der Waals surface area contributed by atoms with Gasteiger partial charge in [-0.15, -0.1) is 0 Å². The number of aromatic nitrogens is 5. The zero-order valence-corrected chi connectivity index (χ0v) is 19.9. The number of carbonyl (C=O) groups is 1. The average molecular weight is 475 g/mol. The van der Waals surface area contributed by atoms with Crippen molar-refractivity contribution in [3.63, 3.8) is 0 Å². The molecule has 0 fully saturated rings. The molecule has 1 atom stereocenters. The first-order valence-electron chi connectivity index (χ1n) is 12.2. The summed E-state index contributed by atoms with van der Waals surface area (Å²) in [6.45, 7) is 4.36. The van der Waals surface area contributed by atoms with Crippen molar-refractivity contribution in [3.8, 4) is 5.75 Å². The predicted octanol–water partition coefficient (Wildman–Crippen LogP) is 4.08. The lowest BCUT2D eigenvalue weighted by atomic mass is 10.1. The molecule has 9 heteroatoms. The van der Waals surface area contributed by atoms with Gasteiger partial charge in [-0.25, -0.2) is 4.98 Å². The number of anilines is 1. The highest BCUT2D eigenvalue weighted by Crippen LogP contribution is 2.28. The number of hydrogen-bond acceptors (Lipinski definition) is 6. The lowest BCUT2D eigenvalue weighted by molar-refractivity contribution is -0.137. The Kier molecular flexibility index (Phi) is 6.65. The lowest BCUT2D eigenvalue weighted by Crippen LogP contribution is -2.16. The molecule has 0 saturated carbocycles. The molecule has 4 heterocycles. The summed E-state index contributed by atoms with van der Waals surface area (Å²) in [6.07, 6.45) is 9.22. The van der Waals surface area contributed by atoms with Crippen molar-refractivity contribution in [2.75, 3.05) is 18.5 Å². The van der Waals surface area contributed by atoms with Crippen molar-refractivity contribution < 1.29 is 14.6 Å². The van der Waals surface area contributed by atoms with E-state index in [4.69, 9.17) is 9.72 Å². The molecule has 2 N–H and O–H groups in total. The van der Waals surface area contributed by atoms with Gasteiger partial charge in [0.25, 0.3) is 0 Å². The average Bonchev–Trinajstić information content (AvgIpc) is 3.50. The summed E-state index contributed by atoms with van der Waals surface area (Å²) >= 11 is 0. The first kappa shape index (κ1) is 22.9. The van der Waals surface area contributed by atoms with Crippen molar-refractivity contribution in [3.05, 3.63) is 65.7 Å². The van der Waals surface area contributed by atoms with Gasteiger partial charge in [0, 0.05) is 42.4 Å². The van der Waals surface area contributed by atoms with Gasteiger partial charge in [0.2, 0.25) is 0 Å². The highest BCUT2D eigenvalue weighted by atomic mass is 16.5. The van der Waals surface area contributed by atoms with Crippen LogP contribution in [0, 0.1) is 0 Å². The fourth-order valence-electron chi connectivity index (χ4n) is 4.56. The molecule has 4 aromatic rings. The van der Waals surface area contributed by atoms with E-state index >= 15 is 0 Å². The Morgan fingerprint density at radius 2 is 2.14 bits per heavy atom. The van der Waals surface area contributed by atoms with E-state index in [0.717, 1.165) is 66.1 Å². The second-order valence-electron chi connectivity index (χ2n) is 8.90. The van der Waals surface area contributed by atoms with E-state index in [-0.39, 0.29) is 6.42 Å². The predicted molar refractivity (Wildman–Crippen MR) is 133 cm³/mol. The zero-order chi connectivity index (χ0) is 24.2. The van der Waals surface area contributed by atoms with Crippen LogP contribution >= 0.6 is 0 Å². The number of carboxylic acids is 1. The van der Waals surface area contributed by atoms with E-state index in [9.17, 15) is 9.90 Å². The van der Waals surface area contributed by atoms with Gasteiger partial charge in [-0.2, -0.15) is 10.2 Å². The quantitative estimate of drug-likeness (QED) is 0.357. The Morgan fingerprint density at radius 1 is 1.23 bits per heavy atom. The highest BCUT2D eigenvalue weighted by Gasteiger charge is 2.22. The fraction of sp³-hybridized carbons (Fsp3) is 0.385. The summed E-state index contributed by atoms with van der Waals surface area (Å²) in [5, 5.41) is 22.7. The molecular weight excluding hydrogens is 444 g/mol. The van der Waals surface area contributed by atoms with Gasteiger partial charge < -0.3 is 15.2 Å². The van der Waals surface area contributed by atoms with Gasteiger partial charge in [0.1, 0.15) is 11.6 Å². The Bertz CT molecular complexity index is 1330. The minimum atomic E-state index is -0.882. The van der Waals surface area contributed by atoms with E-state index in [1.54, 1.807) is 17.1 Å². The van der Waals surface area contributed by atoms with Crippen molar-refractivity contribution >= 4 is 22.7 Å². The summed E-state index contributed by atoms with van der Waals surface area (Å²) in [7, 11) is 0. The third-order valence-corrected chi connectivity index (χ3v) is 6.30. The van der Waals surface area contributed by atoms with Crippen LogP contribution in [0.3, 0.4) is 0 Å². The third kappa shape index (κ3) is 5.13. The summed E-state index contributed by atoms with van der Waals surface area (Å²) in [5.41, 5.74) is 3.97. The number of ether oxygens (including phenoxy) is 1. The number of nitrogens with zero attached hydrogens (tertiary/aromatic N) is 5. The molecule has 1 aliphatic rings. The van der Waals surface area contributed by atoms with Gasteiger partial charge in [-0.3, -0.25) is 14.2 Å². The van der Waals surface area contributed by atoms with Gasteiger partial charge in [-0.1, -0.05) is 13.0 Å². The molecule has 9 nitrogen and oxygen atoms in total. The highest BCUT2D eigenvalue weighted by molar-refractivity contribution is 5.81. The van der Waals surface area contributed by atoms with E-state index in [0.29, 0.717) is 13.0 Å². The van der Waals surface area contributed by atoms with Crippen molar-refractivity contribution in [1.29, 1.82) is 0 Å². The normalized spacial score (nSPS) is 13.9. The molecule has 0 radical (unpaired) electrons. The number of carboxylic acid groups (broad SMARTS) is 1. The number of nitrogens with one attached hydrogen (secondary N) is 1. The largest absolute Gasteiger partial charge is 0.493 e. The Morgan fingerprint density at radius 3 is 3.00 bits per heavy atom. The molecule has 1 unspecified atom stereocenters. The Balaban J connectivity index is 1.30. The van der Waals surface area contributed by atoms with Crippen LogP contribution < -0.4 is 10.1 Å². The van der Waals surface area contributed by atoms with Gasteiger partial charge >= 0.3 is 5.97 Å². The van der Waals surface area contributed by atoms with Crippen LogP contribution in [0.2, 0.25) is 0 Å². The molecule has 182 valence electrons. The maximum Gasteiger partial charge on any atom is 0.305 e. The lowest BCUT2D eigenvalue weighted by Gasteiger charge is -2.17. The second-order valence-corrected chi connectivity index (χ2v) is 8.90. The minimum Gasteiger partial charge on any atom is -0.493 e. The van der Waals surface area contributed by atoms with Crippen LogP contribution in [-0.2, 0) is 24.2 Å². The van der Waals surface area contributed by atoms with Gasteiger partial charge in [0.05, 0.1) is 37.0 Å². The molecule has 1 aromatic carbocycles. The first-order valence-corrected chi connectivity index (χ1v) is 12.2. The van der Waals surface area contributed by atoms with E-state index in [2.05, 4.69) is 34.6 Å². The molecule has 0 bridgehead atoms. The van der Waals surface area contributed by atoms with Crippen LogP contribution in [0.25, 0.3) is 10.9 Å².